The van der Waals surface area contributed by atoms with E-state index in [0.29, 0.717) is 37.2 Å². The van der Waals surface area contributed by atoms with Crippen LogP contribution in [0.25, 0.3) is 0 Å². The lowest BCUT2D eigenvalue weighted by Crippen LogP contribution is -2.33. The molecular formula is C23H28N4O4S. The lowest BCUT2D eigenvalue weighted by molar-refractivity contribution is -0.121. The van der Waals surface area contributed by atoms with Crippen LogP contribution in [0.1, 0.15) is 44.1 Å². The smallest absolute Gasteiger partial charge is 0.240 e. The minimum Gasteiger partial charge on any atom is -0.326 e. The van der Waals surface area contributed by atoms with Gasteiger partial charge in [0.1, 0.15) is 0 Å². The fraction of sp³-hybridized carbons (Fsp3) is 0.435. The predicted molar refractivity (Wildman–Crippen MR) is 122 cm³/mol. The molecule has 1 aromatic heterocycles. The molecule has 1 aromatic carbocycles. The van der Waals surface area contributed by atoms with E-state index in [4.69, 9.17) is 0 Å². The monoisotopic (exact) mass is 456 g/mol. The van der Waals surface area contributed by atoms with Crippen LogP contribution < -0.4 is 15.4 Å². The third kappa shape index (κ3) is 5.52. The van der Waals surface area contributed by atoms with Crippen LogP contribution in [0.4, 0.5) is 11.4 Å². The molecule has 1 aliphatic carbocycles. The van der Waals surface area contributed by atoms with Crippen LogP contribution in [0, 0.1) is 11.8 Å². The number of fused-ring (bicyclic) bond motifs is 1. The molecule has 1 saturated carbocycles. The number of nitrogens with one attached hydrogen (secondary N) is 3. The third-order valence-corrected chi connectivity index (χ3v) is 7.64. The number of aromatic nitrogens is 1. The Morgan fingerprint density at radius 2 is 1.94 bits per heavy atom. The molecule has 0 bridgehead atoms. The first-order chi connectivity index (χ1) is 15.4. The van der Waals surface area contributed by atoms with E-state index in [1.165, 1.54) is 6.07 Å². The van der Waals surface area contributed by atoms with E-state index in [9.17, 15) is 18.0 Å². The molecule has 0 atom stereocenters. The maximum absolute atomic E-state index is 12.8. The van der Waals surface area contributed by atoms with Gasteiger partial charge in [-0.05, 0) is 80.3 Å². The molecule has 2 heterocycles. The van der Waals surface area contributed by atoms with Crippen LogP contribution >= 0.6 is 0 Å². The molecule has 0 saturated heterocycles. The molecule has 2 aliphatic rings. The molecule has 32 heavy (non-hydrogen) atoms. The van der Waals surface area contributed by atoms with Crippen LogP contribution in [0.3, 0.4) is 0 Å². The van der Waals surface area contributed by atoms with Crippen molar-refractivity contribution in [1.29, 1.82) is 0 Å². The van der Waals surface area contributed by atoms with Gasteiger partial charge in [0, 0.05) is 30.8 Å². The first kappa shape index (κ1) is 22.4. The predicted octanol–water partition coefficient (Wildman–Crippen LogP) is 3.08. The van der Waals surface area contributed by atoms with E-state index in [1.54, 1.807) is 30.6 Å². The summed E-state index contributed by atoms with van der Waals surface area (Å²) in [5.41, 5.74) is 2.22. The summed E-state index contributed by atoms with van der Waals surface area (Å²) in [7, 11) is -3.64. The SMILES string of the molecule is O=C1CCCc2cc(S(=O)(=O)NCC3CCC(C(=O)Nc4cccnc4)CC3)ccc2N1. The number of carbonyl (C=O) groups is 2. The first-order valence-corrected chi connectivity index (χ1v) is 12.5. The van der Waals surface area contributed by atoms with Gasteiger partial charge in [-0.1, -0.05) is 0 Å². The Balaban J connectivity index is 1.29. The molecule has 0 spiro atoms. The topological polar surface area (TPSA) is 117 Å². The second-order valence-electron chi connectivity index (χ2n) is 8.52. The number of nitrogens with zero attached hydrogens (tertiary/aromatic N) is 1. The van der Waals surface area contributed by atoms with Crippen molar-refractivity contribution in [2.75, 3.05) is 17.2 Å². The van der Waals surface area contributed by atoms with Gasteiger partial charge in [-0.15, -0.1) is 0 Å². The van der Waals surface area contributed by atoms with Gasteiger partial charge in [-0.2, -0.15) is 0 Å². The Morgan fingerprint density at radius 1 is 1.12 bits per heavy atom. The first-order valence-electron chi connectivity index (χ1n) is 11.0. The van der Waals surface area contributed by atoms with Crippen molar-refractivity contribution in [3.63, 3.8) is 0 Å². The Bertz CT molecular complexity index is 1080. The number of hydrogen-bond acceptors (Lipinski definition) is 5. The Kier molecular flexibility index (Phi) is 6.86. The number of aryl methyl sites for hydroxylation is 1. The number of carbonyl (C=O) groups excluding carboxylic acids is 2. The van der Waals surface area contributed by atoms with Gasteiger partial charge in [0.25, 0.3) is 0 Å². The van der Waals surface area contributed by atoms with Gasteiger partial charge in [-0.3, -0.25) is 14.6 Å². The highest BCUT2D eigenvalue weighted by atomic mass is 32.2. The van der Waals surface area contributed by atoms with E-state index in [1.807, 2.05) is 6.07 Å². The zero-order valence-corrected chi connectivity index (χ0v) is 18.7. The number of hydrogen-bond donors (Lipinski definition) is 3. The van der Waals surface area contributed by atoms with E-state index in [2.05, 4.69) is 20.3 Å². The van der Waals surface area contributed by atoms with E-state index < -0.39 is 10.0 Å². The Morgan fingerprint density at radius 3 is 2.69 bits per heavy atom. The highest BCUT2D eigenvalue weighted by Gasteiger charge is 2.27. The lowest BCUT2D eigenvalue weighted by Gasteiger charge is -2.27. The molecule has 2 aromatic rings. The van der Waals surface area contributed by atoms with Crippen molar-refractivity contribution in [3.05, 3.63) is 48.3 Å². The zero-order valence-electron chi connectivity index (χ0n) is 17.8. The largest absolute Gasteiger partial charge is 0.326 e. The van der Waals surface area contributed by atoms with Crippen LogP contribution in [0.5, 0.6) is 0 Å². The molecule has 170 valence electrons. The highest BCUT2D eigenvalue weighted by molar-refractivity contribution is 7.89. The lowest BCUT2D eigenvalue weighted by atomic mass is 9.81. The maximum Gasteiger partial charge on any atom is 0.240 e. The van der Waals surface area contributed by atoms with E-state index in [-0.39, 0.29) is 28.5 Å². The minimum atomic E-state index is -3.64. The molecule has 0 radical (unpaired) electrons. The summed E-state index contributed by atoms with van der Waals surface area (Å²) < 4.78 is 28.4. The number of pyridine rings is 1. The summed E-state index contributed by atoms with van der Waals surface area (Å²) in [4.78, 5) is 28.4. The molecular weight excluding hydrogens is 428 g/mol. The highest BCUT2D eigenvalue weighted by Crippen LogP contribution is 2.30. The van der Waals surface area contributed by atoms with Crippen LogP contribution in [0.2, 0.25) is 0 Å². The van der Waals surface area contributed by atoms with Crippen LogP contribution in [-0.4, -0.2) is 31.8 Å². The second-order valence-corrected chi connectivity index (χ2v) is 10.3. The van der Waals surface area contributed by atoms with Gasteiger partial charge in [0.15, 0.2) is 0 Å². The summed E-state index contributed by atoms with van der Waals surface area (Å²) in [6, 6.07) is 8.44. The number of amides is 2. The van der Waals surface area contributed by atoms with Crippen molar-refractivity contribution < 1.29 is 18.0 Å². The minimum absolute atomic E-state index is 0.00546. The van der Waals surface area contributed by atoms with Gasteiger partial charge in [0.2, 0.25) is 21.8 Å². The molecule has 1 aliphatic heterocycles. The molecule has 8 nitrogen and oxygen atoms in total. The van der Waals surface area contributed by atoms with Crippen LogP contribution in [-0.2, 0) is 26.0 Å². The molecule has 9 heteroatoms. The number of rotatable bonds is 6. The van der Waals surface area contributed by atoms with E-state index in [0.717, 1.165) is 31.2 Å². The number of sulfonamides is 1. The average molecular weight is 457 g/mol. The summed E-state index contributed by atoms with van der Waals surface area (Å²) in [5.74, 6) is 0.0893. The van der Waals surface area contributed by atoms with Gasteiger partial charge < -0.3 is 10.6 Å². The van der Waals surface area contributed by atoms with Gasteiger partial charge >= 0.3 is 0 Å². The van der Waals surface area contributed by atoms with Crippen molar-refractivity contribution in [2.24, 2.45) is 11.8 Å². The quantitative estimate of drug-likeness (QED) is 0.618. The third-order valence-electron chi connectivity index (χ3n) is 6.22. The van der Waals surface area contributed by atoms with Crippen molar-refractivity contribution in [3.8, 4) is 0 Å². The molecule has 4 rings (SSSR count). The van der Waals surface area contributed by atoms with Crippen molar-refractivity contribution >= 4 is 33.2 Å². The fourth-order valence-corrected chi connectivity index (χ4v) is 5.51. The van der Waals surface area contributed by atoms with Gasteiger partial charge in [0.05, 0.1) is 16.8 Å². The standard InChI is InChI=1S/C23H28N4O4S/c28-22-5-1-3-18-13-20(10-11-21(18)27-22)32(30,31)25-14-16-6-8-17(9-7-16)23(29)26-19-4-2-12-24-15-19/h2,4,10-13,15-17,25H,1,3,5-9,14H2,(H,26,29)(H,27,28). The maximum atomic E-state index is 12.8. The summed E-state index contributed by atoms with van der Waals surface area (Å²) in [5, 5.41) is 5.72. The van der Waals surface area contributed by atoms with E-state index >= 15 is 0 Å². The van der Waals surface area contributed by atoms with Crippen molar-refractivity contribution in [1.82, 2.24) is 9.71 Å². The number of anilines is 2. The Labute approximate surface area is 188 Å². The van der Waals surface area contributed by atoms with Gasteiger partial charge in [-0.25, -0.2) is 13.1 Å². The summed E-state index contributed by atoms with van der Waals surface area (Å²) >= 11 is 0. The summed E-state index contributed by atoms with van der Waals surface area (Å²) in [6.45, 7) is 0.354. The summed E-state index contributed by atoms with van der Waals surface area (Å²) in [6.07, 6.45) is 8.15. The Hall–Kier alpha value is -2.78. The molecule has 1 fully saturated rings. The van der Waals surface area contributed by atoms with Crippen molar-refractivity contribution in [2.45, 2.75) is 49.8 Å². The molecule has 0 unspecified atom stereocenters. The van der Waals surface area contributed by atoms with Crippen LogP contribution in [0.15, 0.2) is 47.6 Å². The zero-order chi connectivity index (χ0) is 22.6. The molecule has 3 N–H and O–H groups in total. The normalized spacial score (nSPS) is 21.2. The number of benzene rings is 1. The molecule has 2 amide bonds. The average Bonchev–Trinajstić information content (AvgIpc) is 2.98. The second kappa shape index (κ2) is 9.79. The fourth-order valence-electron chi connectivity index (χ4n) is 4.34.